The molecule has 6 atom stereocenters. The molecule has 12 heteroatoms. The number of imide groups is 2. The van der Waals surface area contributed by atoms with Crippen LogP contribution in [0.25, 0.3) is 0 Å². The normalized spacial score (nSPS) is 28.9. The number of hydrogen-bond acceptors (Lipinski definition) is 9. The highest BCUT2D eigenvalue weighted by molar-refractivity contribution is 6.30. The fourth-order valence-electron chi connectivity index (χ4n) is 9.49. The van der Waals surface area contributed by atoms with E-state index in [0.717, 1.165) is 43.1 Å². The quantitative estimate of drug-likeness (QED) is 0.294. The molecule has 1 N–H and O–H groups in total. The Balaban J connectivity index is 1.06. The van der Waals surface area contributed by atoms with E-state index in [1.54, 1.807) is 24.3 Å². The lowest BCUT2D eigenvalue weighted by atomic mass is 9.57. The van der Waals surface area contributed by atoms with Crippen LogP contribution in [0.2, 0.25) is 5.02 Å². The summed E-state index contributed by atoms with van der Waals surface area (Å²) in [5.74, 6) is -5.37. The van der Waals surface area contributed by atoms with Crippen LogP contribution in [-0.2, 0) is 28.7 Å². The molecule has 9 rings (SSSR count). The van der Waals surface area contributed by atoms with Crippen molar-refractivity contribution >= 4 is 58.0 Å². The molecule has 3 aromatic carbocycles. The summed E-state index contributed by atoms with van der Waals surface area (Å²) in [6, 6.07) is 19.7. The van der Waals surface area contributed by atoms with E-state index in [2.05, 4.69) is 9.80 Å². The van der Waals surface area contributed by atoms with Gasteiger partial charge in [-0.1, -0.05) is 23.3 Å². The number of benzene rings is 3. The number of rotatable bonds is 5. The van der Waals surface area contributed by atoms with E-state index in [4.69, 9.17) is 21.1 Å². The number of morpholine rings is 2. The van der Waals surface area contributed by atoms with Crippen LogP contribution in [0.1, 0.15) is 24.3 Å². The van der Waals surface area contributed by atoms with E-state index in [1.807, 2.05) is 42.5 Å². The summed E-state index contributed by atoms with van der Waals surface area (Å²) in [6.45, 7) is 5.62. The van der Waals surface area contributed by atoms with Crippen molar-refractivity contribution in [3.8, 4) is 5.75 Å². The lowest BCUT2D eigenvalue weighted by Gasteiger charge is -2.44. The molecule has 11 nitrogen and oxygen atoms in total. The molecule has 0 aromatic heterocycles. The topological polar surface area (TPSA) is 120 Å². The number of carbonyl (C=O) groups is 4. The molecule has 52 heavy (non-hydrogen) atoms. The molecule has 6 aliphatic rings. The molecule has 3 aromatic rings. The predicted octanol–water partition coefficient (Wildman–Crippen LogP) is 4.76. The molecular weight excluding hydrogens is 684 g/mol. The first kappa shape index (κ1) is 33.1. The van der Waals surface area contributed by atoms with Crippen molar-refractivity contribution in [1.29, 1.82) is 0 Å². The largest absolute Gasteiger partial charge is 0.508 e. The van der Waals surface area contributed by atoms with Crippen LogP contribution in [0.15, 0.2) is 78.4 Å². The van der Waals surface area contributed by atoms with Gasteiger partial charge in [0.05, 0.1) is 61.5 Å². The van der Waals surface area contributed by atoms with Crippen molar-refractivity contribution < 1.29 is 33.8 Å². The van der Waals surface area contributed by atoms with E-state index >= 15 is 0 Å². The Labute approximate surface area is 306 Å². The van der Waals surface area contributed by atoms with E-state index in [-0.39, 0.29) is 35.8 Å². The Kier molecular flexibility index (Phi) is 8.32. The van der Waals surface area contributed by atoms with Crippen molar-refractivity contribution in [2.24, 2.45) is 29.6 Å². The van der Waals surface area contributed by atoms with Gasteiger partial charge in [0.2, 0.25) is 23.6 Å². The highest BCUT2D eigenvalue weighted by Gasteiger charge is 2.62. The minimum Gasteiger partial charge on any atom is -0.508 e. The summed E-state index contributed by atoms with van der Waals surface area (Å²) >= 11 is 6.48. The molecule has 2 aliphatic carbocycles. The van der Waals surface area contributed by atoms with Crippen LogP contribution in [-0.4, -0.2) is 81.3 Å². The summed E-state index contributed by atoms with van der Waals surface area (Å²) in [5.41, 5.74) is 4.21. The zero-order valence-corrected chi connectivity index (χ0v) is 29.3. The van der Waals surface area contributed by atoms with Gasteiger partial charge in [0.15, 0.2) is 0 Å². The monoisotopic (exact) mass is 722 g/mol. The molecule has 1 saturated carbocycles. The second kappa shape index (κ2) is 13.1. The fraction of sp³-hybridized carbons (Fsp3) is 0.400. The maximum Gasteiger partial charge on any atom is 0.238 e. The highest BCUT2D eigenvalue weighted by Crippen LogP contribution is 2.59. The fourth-order valence-corrected chi connectivity index (χ4v) is 9.67. The number of phenolic OH excluding ortho intramolecular Hbond substituents is 1. The van der Waals surface area contributed by atoms with Gasteiger partial charge in [0.1, 0.15) is 5.75 Å². The van der Waals surface area contributed by atoms with E-state index in [0.29, 0.717) is 54.8 Å². The number of anilines is 4. The van der Waals surface area contributed by atoms with E-state index in [9.17, 15) is 24.3 Å². The van der Waals surface area contributed by atoms with Gasteiger partial charge in [0, 0.05) is 54.1 Å². The molecule has 4 saturated heterocycles. The molecule has 4 amide bonds. The number of allylic oxidation sites excluding steroid dienone is 2. The molecule has 4 heterocycles. The van der Waals surface area contributed by atoms with Gasteiger partial charge in [-0.15, -0.1) is 0 Å². The third-order valence-electron chi connectivity index (χ3n) is 11.9. The van der Waals surface area contributed by atoms with Crippen LogP contribution < -0.4 is 19.6 Å². The predicted molar refractivity (Wildman–Crippen MR) is 195 cm³/mol. The van der Waals surface area contributed by atoms with Gasteiger partial charge in [-0.05, 0) is 85.5 Å². The van der Waals surface area contributed by atoms with Gasteiger partial charge < -0.3 is 24.4 Å². The summed E-state index contributed by atoms with van der Waals surface area (Å²) in [5, 5.41) is 11.6. The Morgan fingerprint density at radius 2 is 1.10 bits per heavy atom. The number of fused-ring (bicyclic) bond motifs is 4. The van der Waals surface area contributed by atoms with Crippen LogP contribution in [0, 0.1) is 29.6 Å². The zero-order chi connectivity index (χ0) is 35.7. The Hall–Kier alpha value is -4.71. The average Bonchev–Trinajstić information content (AvgIpc) is 3.59. The average molecular weight is 723 g/mol. The number of phenols is 1. The number of carbonyl (C=O) groups excluding carboxylic acids is 4. The second-order valence-corrected chi connectivity index (χ2v) is 14.9. The first-order valence-electron chi connectivity index (χ1n) is 18.1. The summed E-state index contributed by atoms with van der Waals surface area (Å²) in [7, 11) is 0. The first-order valence-corrected chi connectivity index (χ1v) is 18.5. The van der Waals surface area contributed by atoms with Crippen molar-refractivity contribution in [3.63, 3.8) is 0 Å². The minimum absolute atomic E-state index is 0.0406. The van der Waals surface area contributed by atoms with Gasteiger partial charge in [-0.2, -0.15) is 0 Å². The smallest absolute Gasteiger partial charge is 0.238 e. The molecule has 6 unspecified atom stereocenters. The van der Waals surface area contributed by atoms with Gasteiger partial charge in [0.25, 0.3) is 0 Å². The number of aromatic hydroxyl groups is 1. The van der Waals surface area contributed by atoms with E-state index in [1.165, 1.54) is 15.9 Å². The maximum absolute atomic E-state index is 14.5. The molecule has 0 spiro atoms. The van der Waals surface area contributed by atoms with Gasteiger partial charge in [-0.3, -0.25) is 29.0 Å². The van der Waals surface area contributed by atoms with Crippen LogP contribution in [0.3, 0.4) is 0 Å². The number of amides is 4. The Morgan fingerprint density at radius 3 is 1.65 bits per heavy atom. The van der Waals surface area contributed by atoms with Gasteiger partial charge >= 0.3 is 0 Å². The Morgan fingerprint density at radius 1 is 0.596 bits per heavy atom. The molecule has 0 radical (unpaired) electrons. The number of halogens is 1. The van der Waals surface area contributed by atoms with Crippen LogP contribution in [0.5, 0.6) is 5.75 Å². The van der Waals surface area contributed by atoms with Crippen molar-refractivity contribution in [3.05, 3.63) is 89.0 Å². The molecular formula is C40H39ClN4O7. The van der Waals surface area contributed by atoms with Crippen molar-refractivity contribution in [2.45, 2.75) is 18.8 Å². The summed E-state index contributed by atoms with van der Waals surface area (Å²) in [4.78, 5) is 64.4. The number of hydrogen-bond donors (Lipinski definition) is 1. The third-order valence-corrected chi connectivity index (χ3v) is 12.2. The van der Waals surface area contributed by atoms with Gasteiger partial charge in [-0.25, -0.2) is 0 Å². The third kappa shape index (κ3) is 5.31. The molecule has 4 aliphatic heterocycles. The summed E-state index contributed by atoms with van der Waals surface area (Å²) < 4.78 is 11.0. The van der Waals surface area contributed by atoms with Crippen molar-refractivity contribution in [1.82, 2.24) is 0 Å². The zero-order valence-electron chi connectivity index (χ0n) is 28.5. The van der Waals surface area contributed by atoms with Crippen molar-refractivity contribution in [2.75, 3.05) is 72.2 Å². The lowest BCUT2D eigenvalue weighted by molar-refractivity contribution is -0.126. The number of nitrogens with zero attached hydrogens (tertiary/aromatic N) is 4. The van der Waals surface area contributed by atoms with E-state index < -0.39 is 35.5 Å². The van der Waals surface area contributed by atoms with Crippen LogP contribution in [0.4, 0.5) is 22.7 Å². The summed E-state index contributed by atoms with van der Waals surface area (Å²) in [6.07, 6.45) is 2.53. The second-order valence-electron chi connectivity index (χ2n) is 14.5. The first-order chi connectivity index (χ1) is 25.3. The minimum atomic E-state index is -0.814. The number of ether oxygens (including phenoxy) is 2. The molecule has 268 valence electrons. The highest BCUT2D eigenvalue weighted by atomic mass is 35.5. The molecule has 0 bridgehead atoms. The van der Waals surface area contributed by atoms with Crippen LogP contribution >= 0.6 is 11.6 Å². The lowest BCUT2D eigenvalue weighted by Crippen LogP contribution is -2.43. The SMILES string of the molecule is O=C1C2CC=C3C(CC4C(=O)N(c5ccc(N6CCOCC6)cc5)C(=O)C4C3c3cc(Cl)ccc3O)C2C(=O)N1c1ccc(N2CCOCC2)cc1. The maximum atomic E-state index is 14.5. The molecule has 5 fully saturated rings. The Bertz CT molecular complexity index is 1970. The standard InChI is InChI=1S/C40H39ClN4O7/c41-23-1-12-33(46)31(21-23)34-28-10-11-29-35(39(49)44(37(29)47)26-6-2-24(3-7-26)42-13-17-51-18-14-42)30(28)22-32-36(34)40(50)45(38(32)48)27-8-4-25(5-9-27)43-15-19-52-20-16-43/h1-10,12,21,29-30,32,34-36,46H,11,13-20,22H2.